The summed E-state index contributed by atoms with van der Waals surface area (Å²) in [4.78, 5) is 17.3. The lowest BCUT2D eigenvalue weighted by molar-refractivity contribution is 0.102. The molecule has 0 radical (unpaired) electrons. The molecule has 0 aliphatic heterocycles. The quantitative estimate of drug-likeness (QED) is 0.432. The highest BCUT2D eigenvalue weighted by Crippen LogP contribution is 2.28. The molecule has 0 N–H and O–H groups in total. The zero-order chi connectivity index (χ0) is 19.3. The molecule has 0 unspecified atom stereocenters. The third-order valence-corrected chi connectivity index (χ3v) is 6.03. The average molecular weight is 385 g/mol. The van der Waals surface area contributed by atoms with Gasteiger partial charge in [-0.1, -0.05) is 66.4 Å². The van der Waals surface area contributed by atoms with E-state index in [9.17, 15) is 10.1 Å². The van der Waals surface area contributed by atoms with E-state index in [2.05, 4.69) is 18.2 Å². The molecular formula is C24H20N2OS. The van der Waals surface area contributed by atoms with Crippen molar-refractivity contribution in [3.8, 4) is 17.2 Å². The van der Waals surface area contributed by atoms with Crippen molar-refractivity contribution < 1.29 is 4.79 Å². The van der Waals surface area contributed by atoms with Gasteiger partial charge in [0.25, 0.3) is 0 Å². The number of hydrogen-bond acceptors (Lipinski definition) is 4. The van der Waals surface area contributed by atoms with E-state index in [1.165, 1.54) is 17.3 Å². The molecule has 3 nitrogen and oxygen atoms in total. The van der Waals surface area contributed by atoms with E-state index in [1.54, 1.807) is 0 Å². The fraction of sp³-hybridized carbons (Fsp3) is 0.208. The monoisotopic (exact) mass is 384 g/mol. The molecule has 4 rings (SSSR count). The number of hydrogen-bond donors (Lipinski definition) is 0. The lowest BCUT2D eigenvalue weighted by Crippen LogP contribution is -2.08. The fourth-order valence-corrected chi connectivity index (χ4v) is 4.37. The highest BCUT2D eigenvalue weighted by atomic mass is 32.2. The fourth-order valence-electron chi connectivity index (χ4n) is 3.50. The van der Waals surface area contributed by atoms with Crippen LogP contribution in [-0.4, -0.2) is 16.5 Å². The van der Waals surface area contributed by atoms with Gasteiger partial charge in [-0.25, -0.2) is 4.98 Å². The molecule has 1 aliphatic carbocycles. The van der Waals surface area contributed by atoms with Gasteiger partial charge >= 0.3 is 0 Å². The maximum atomic E-state index is 12.6. The number of rotatable bonds is 5. The van der Waals surface area contributed by atoms with Gasteiger partial charge in [-0.3, -0.25) is 4.79 Å². The molecule has 0 bridgehead atoms. The van der Waals surface area contributed by atoms with Crippen molar-refractivity contribution in [1.29, 1.82) is 5.26 Å². The van der Waals surface area contributed by atoms with Crippen molar-refractivity contribution in [3.05, 3.63) is 83.0 Å². The lowest BCUT2D eigenvalue weighted by atomic mass is 9.95. The molecule has 0 atom stereocenters. The molecule has 1 aromatic heterocycles. The summed E-state index contributed by atoms with van der Waals surface area (Å²) in [5.74, 6) is 0.332. The van der Waals surface area contributed by atoms with Gasteiger partial charge < -0.3 is 0 Å². The summed E-state index contributed by atoms with van der Waals surface area (Å²) in [6.45, 7) is 0. The molecule has 0 fully saturated rings. The Morgan fingerprint density at radius 2 is 1.71 bits per heavy atom. The number of ketones is 1. The van der Waals surface area contributed by atoms with Gasteiger partial charge in [-0.2, -0.15) is 5.26 Å². The molecule has 0 saturated heterocycles. The van der Waals surface area contributed by atoms with Crippen LogP contribution in [0.5, 0.6) is 0 Å². The number of aromatic nitrogens is 1. The van der Waals surface area contributed by atoms with Crippen LogP contribution in [0.1, 0.15) is 40.0 Å². The Morgan fingerprint density at radius 3 is 2.46 bits per heavy atom. The van der Waals surface area contributed by atoms with Crippen molar-refractivity contribution in [3.63, 3.8) is 0 Å². The number of fused-ring (bicyclic) bond motifs is 1. The van der Waals surface area contributed by atoms with E-state index in [0.29, 0.717) is 16.2 Å². The highest BCUT2D eigenvalue weighted by molar-refractivity contribution is 8.00. The molecule has 0 saturated carbocycles. The van der Waals surface area contributed by atoms with Crippen LogP contribution in [-0.2, 0) is 12.8 Å². The van der Waals surface area contributed by atoms with Gasteiger partial charge in [0.2, 0.25) is 0 Å². The highest BCUT2D eigenvalue weighted by Gasteiger charge is 2.16. The van der Waals surface area contributed by atoms with Crippen LogP contribution in [0.4, 0.5) is 0 Å². The molecule has 0 amide bonds. The van der Waals surface area contributed by atoms with E-state index in [0.717, 1.165) is 42.5 Å². The first kappa shape index (κ1) is 18.5. The number of benzene rings is 2. The van der Waals surface area contributed by atoms with Crippen LogP contribution in [0.3, 0.4) is 0 Å². The molecule has 1 heterocycles. The minimum absolute atomic E-state index is 0.0491. The normalized spacial score (nSPS) is 12.8. The molecule has 0 spiro atoms. The van der Waals surface area contributed by atoms with Gasteiger partial charge in [-0.15, -0.1) is 0 Å². The minimum Gasteiger partial charge on any atom is -0.293 e. The molecular weight excluding hydrogens is 364 g/mol. The Labute approximate surface area is 169 Å². The molecule has 28 heavy (non-hydrogen) atoms. The van der Waals surface area contributed by atoms with Gasteiger partial charge in [0.05, 0.1) is 11.3 Å². The zero-order valence-corrected chi connectivity index (χ0v) is 16.3. The number of pyridine rings is 1. The van der Waals surface area contributed by atoms with Crippen LogP contribution in [0.2, 0.25) is 0 Å². The largest absolute Gasteiger partial charge is 0.293 e. The Balaban J connectivity index is 1.47. The first-order valence-electron chi connectivity index (χ1n) is 9.49. The molecule has 3 aromatic rings. The predicted octanol–water partition coefficient (Wildman–Crippen LogP) is 5.47. The third kappa shape index (κ3) is 4.00. The third-order valence-electron chi connectivity index (χ3n) is 5.04. The van der Waals surface area contributed by atoms with Crippen LogP contribution in [0.25, 0.3) is 11.1 Å². The summed E-state index contributed by atoms with van der Waals surface area (Å²) in [6.07, 6.45) is 4.25. The van der Waals surface area contributed by atoms with Gasteiger partial charge in [0, 0.05) is 11.3 Å². The Hall–Kier alpha value is -2.90. The number of thioether (sulfide) groups is 1. The number of carbonyl (C=O) groups excluding carboxylic acids is 1. The second kappa shape index (κ2) is 8.41. The second-order valence-corrected chi connectivity index (χ2v) is 7.89. The minimum atomic E-state index is 0.0491. The zero-order valence-electron chi connectivity index (χ0n) is 15.5. The maximum absolute atomic E-state index is 12.6. The summed E-state index contributed by atoms with van der Waals surface area (Å²) < 4.78 is 0. The smallest absolute Gasteiger partial charge is 0.173 e. The van der Waals surface area contributed by atoms with Crippen LogP contribution >= 0.6 is 11.8 Å². The SMILES string of the molecule is N#Cc1cc2c(nc1SCC(=O)c1ccc(-c3ccccc3)cc1)CCCC2. The molecule has 1 aliphatic rings. The standard InChI is InChI=1S/C24H20N2OS/c25-15-21-14-20-8-4-5-9-22(20)26-24(21)28-16-23(27)19-12-10-18(11-13-19)17-6-2-1-3-7-17/h1-3,6-7,10-14H,4-5,8-9,16H2. The second-order valence-electron chi connectivity index (χ2n) is 6.92. The average Bonchev–Trinajstić information content (AvgIpc) is 2.77. The number of aryl methyl sites for hydroxylation is 2. The van der Waals surface area contributed by atoms with E-state index in [-0.39, 0.29) is 11.5 Å². The van der Waals surface area contributed by atoms with Crippen LogP contribution in [0.15, 0.2) is 65.7 Å². The maximum Gasteiger partial charge on any atom is 0.173 e. The number of carbonyl (C=O) groups is 1. The van der Waals surface area contributed by atoms with Crippen molar-refractivity contribution in [2.24, 2.45) is 0 Å². The Kier molecular flexibility index (Phi) is 5.55. The van der Waals surface area contributed by atoms with Crippen molar-refractivity contribution in [2.75, 3.05) is 5.75 Å². The number of nitriles is 1. The predicted molar refractivity (Wildman–Crippen MR) is 113 cm³/mol. The summed E-state index contributed by atoms with van der Waals surface area (Å²) in [5.41, 5.74) is 5.77. The van der Waals surface area contributed by atoms with Gasteiger partial charge in [0.15, 0.2) is 5.78 Å². The first-order valence-corrected chi connectivity index (χ1v) is 10.5. The first-order chi connectivity index (χ1) is 13.7. The Morgan fingerprint density at radius 1 is 1.00 bits per heavy atom. The topological polar surface area (TPSA) is 53.8 Å². The van der Waals surface area contributed by atoms with Crippen molar-refractivity contribution in [1.82, 2.24) is 4.98 Å². The van der Waals surface area contributed by atoms with E-state index in [1.807, 2.05) is 48.5 Å². The number of nitrogens with zero attached hydrogens (tertiary/aromatic N) is 2. The van der Waals surface area contributed by atoms with Crippen LogP contribution < -0.4 is 0 Å². The summed E-state index contributed by atoms with van der Waals surface area (Å²) in [7, 11) is 0. The van der Waals surface area contributed by atoms with E-state index < -0.39 is 0 Å². The van der Waals surface area contributed by atoms with Gasteiger partial charge in [-0.05, 0) is 48.4 Å². The van der Waals surface area contributed by atoms with Gasteiger partial charge in [0.1, 0.15) is 11.1 Å². The van der Waals surface area contributed by atoms with Crippen molar-refractivity contribution in [2.45, 2.75) is 30.7 Å². The van der Waals surface area contributed by atoms with E-state index >= 15 is 0 Å². The summed E-state index contributed by atoms with van der Waals surface area (Å²) in [6, 6.07) is 22.0. The molecule has 138 valence electrons. The number of Topliss-reactive ketones (excluding diaryl/α,β-unsaturated/α-hetero) is 1. The molecule has 2 aromatic carbocycles. The van der Waals surface area contributed by atoms with Crippen molar-refractivity contribution >= 4 is 17.5 Å². The van der Waals surface area contributed by atoms with Crippen LogP contribution in [0, 0.1) is 11.3 Å². The summed E-state index contributed by atoms with van der Waals surface area (Å²) >= 11 is 1.36. The summed E-state index contributed by atoms with van der Waals surface area (Å²) in [5, 5.41) is 10.1. The lowest BCUT2D eigenvalue weighted by Gasteiger charge is -2.16. The Bertz CT molecular complexity index is 1040. The molecule has 4 heteroatoms. The van der Waals surface area contributed by atoms with E-state index in [4.69, 9.17) is 4.98 Å².